The van der Waals surface area contributed by atoms with Crippen LogP contribution in [-0.2, 0) is 14.3 Å². The molecule has 0 radical (unpaired) electrons. The maximum atomic E-state index is 11.8. The Labute approximate surface area is 106 Å². The molecule has 1 aliphatic rings. The number of carbonyl (C=O) groups excluding carboxylic acids is 1. The van der Waals surface area contributed by atoms with Crippen LogP contribution in [0.15, 0.2) is 0 Å². The van der Waals surface area contributed by atoms with Gasteiger partial charge < -0.3 is 9.84 Å². The highest BCUT2D eigenvalue weighted by molar-refractivity contribution is 7.99. The van der Waals surface area contributed by atoms with Crippen LogP contribution >= 0.6 is 11.8 Å². The minimum absolute atomic E-state index is 0.342. The van der Waals surface area contributed by atoms with Gasteiger partial charge in [0.1, 0.15) is 0 Å². The normalized spacial score (nSPS) is 25.5. The van der Waals surface area contributed by atoms with Gasteiger partial charge in [-0.05, 0) is 12.3 Å². The van der Waals surface area contributed by atoms with Crippen molar-refractivity contribution in [1.82, 2.24) is 0 Å². The smallest absolute Gasteiger partial charge is 0.310 e. The van der Waals surface area contributed by atoms with Crippen LogP contribution in [-0.4, -0.2) is 35.2 Å². The lowest BCUT2D eigenvalue weighted by molar-refractivity contribution is -0.156. The minimum Gasteiger partial charge on any atom is -0.481 e. The molecule has 0 spiro atoms. The van der Waals surface area contributed by atoms with Crippen molar-refractivity contribution in [2.24, 2.45) is 17.8 Å². The molecule has 1 N–H and O–H groups in total. The average Bonchev–Trinajstić information content (AvgIpc) is 2.75. The molecular formula is C12H20O4S. The first kappa shape index (κ1) is 14.4. The van der Waals surface area contributed by atoms with Crippen LogP contribution < -0.4 is 0 Å². The molecule has 1 rings (SSSR count). The maximum Gasteiger partial charge on any atom is 0.310 e. The molecule has 0 amide bonds. The van der Waals surface area contributed by atoms with Crippen molar-refractivity contribution in [2.45, 2.75) is 26.7 Å². The third-order valence-electron chi connectivity index (χ3n) is 2.99. The molecule has 0 saturated carbocycles. The van der Waals surface area contributed by atoms with Gasteiger partial charge in [-0.15, -0.1) is 0 Å². The Bertz CT molecular complexity index is 280. The lowest BCUT2D eigenvalue weighted by Crippen LogP contribution is -2.30. The molecule has 4 nitrogen and oxygen atoms in total. The van der Waals surface area contributed by atoms with Gasteiger partial charge in [-0.2, -0.15) is 11.8 Å². The van der Waals surface area contributed by atoms with E-state index >= 15 is 0 Å². The first-order valence-electron chi connectivity index (χ1n) is 6.03. The molecule has 1 heterocycles. The molecule has 0 aromatic carbocycles. The van der Waals surface area contributed by atoms with Crippen LogP contribution in [0.25, 0.3) is 0 Å². The van der Waals surface area contributed by atoms with Gasteiger partial charge in [0.2, 0.25) is 0 Å². The van der Waals surface area contributed by atoms with E-state index in [1.54, 1.807) is 0 Å². The Kier molecular flexibility index (Phi) is 5.82. The van der Waals surface area contributed by atoms with E-state index in [4.69, 9.17) is 9.84 Å². The zero-order chi connectivity index (χ0) is 12.8. The number of carboxylic acids is 1. The van der Waals surface area contributed by atoms with Gasteiger partial charge in [-0.25, -0.2) is 0 Å². The van der Waals surface area contributed by atoms with E-state index in [0.29, 0.717) is 24.0 Å². The van der Waals surface area contributed by atoms with E-state index in [-0.39, 0.29) is 5.97 Å². The average molecular weight is 260 g/mol. The Morgan fingerprint density at radius 2 is 2.06 bits per heavy atom. The standard InChI is InChI=1S/C12H20O4S/c1-3-4-8(2)5-16-12(15)10-7-17-6-9(10)11(13)14/h8-10H,3-7H2,1-2H3,(H,13,14). The fraction of sp³-hybridized carbons (Fsp3) is 0.833. The van der Waals surface area contributed by atoms with E-state index in [2.05, 4.69) is 6.92 Å². The molecule has 17 heavy (non-hydrogen) atoms. The summed E-state index contributed by atoms with van der Waals surface area (Å²) in [7, 11) is 0. The summed E-state index contributed by atoms with van der Waals surface area (Å²) in [5.41, 5.74) is 0. The summed E-state index contributed by atoms with van der Waals surface area (Å²) in [4.78, 5) is 22.7. The number of carbonyl (C=O) groups is 2. The second kappa shape index (κ2) is 6.89. The Morgan fingerprint density at radius 1 is 1.41 bits per heavy atom. The van der Waals surface area contributed by atoms with Gasteiger partial charge in [0.05, 0.1) is 18.4 Å². The summed E-state index contributed by atoms with van der Waals surface area (Å²) < 4.78 is 5.21. The van der Waals surface area contributed by atoms with Gasteiger partial charge >= 0.3 is 11.9 Å². The predicted octanol–water partition coefficient (Wildman–Crippen LogP) is 2.03. The third-order valence-corrected chi connectivity index (χ3v) is 4.18. The third kappa shape index (κ3) is 4.22. The lowest BCUT2D eigenvalue weighted by Gasteiger charge is -2.16. The van der Waals surface area contributed by atoms with E-state index in [1.165, 1.54) is 11.8 Å². The number of thioether (sulfide) groups is 1. The predicted molar refractivity (Wildman–Crippen MR) is 67.0 cm³/mol. The van der Waals surface area contributed by atoms with E-state index < -0.39 is 17.8 Å². The molecule has 0 aliphatic carbocycles. The number of hydrogen-bond donors (Lipinski definition) is 1. The SMILES string of the molecule is CCCC(C)COC(=O)C1CSCC1C(=O)O. The van der Waals surface area contributed by atoms with E-state index in [1.807, 2.05) is 6.92 Å². The first-order chi connectivity index (χ1) is 8.06. The molecule has 0 aromatic heterocycles. The number of esters is 1. The van der Waals surface area contributed by atoms with Crippen molar-refractivity contribution in [3.63, 3.8) is 0 Å². The largest absolute Gasteiger partial charge is 0.481 e. The van der Waals surface area contributed by atoms with Crippen LogP contribution in [0, 0.1) is 17.8 Å². The highest BCUT2D eigenvalue weighted by Crippen LogP contribution is 2.31. The fourth-order valence-electron chi connectivity index (χ4n) is 1.94. The van der Waals surface area contributed by atoms with Crippen molar-refractivity contribution in [2.75, 3.05) is 18.1 Å². The first-order valence-corrected chi connectivity index (χ1v) is 7.18. The highest BCUT2D eigenvalue weighted by Gasteiger charge is 2.39. The molecule has 1 aliphatic heterocycles. The van der Waals surface area contributed by atoms with Crippen LogP contribution in [0.4, 0.5) is 0 Å². The zero-order valence-corrected chi connectivity index (χ0v) is 11.2. The topological polar surface area (TPSA) is 63.6 Å². The van der Waals surface area contributed by atoms with Crippen molar-refractivity contribution in [3.05, 3.63) is 0 Å². The monoisotopic (exact) mass is 260 g/mol. The molecule has 1 saturated heterocycles. The highest BCUT2D eigenvalue weighted by atomic mass is 32.2. The number of rotatable bonds is 6. The number of aliphatic carboxylic acids is 1. The minimum atomic E-state index is -0.890. The van der Waals surface area contributed by atoms with Crippen LogP contribution in [0.1, 0.15) is 26.7 Å². The summed E-state index contributed by atoms with van der Waals surface area (Å²) in [6, 6.07) is 0. The summed E-state index contributed by atoms with van der Waals surface area (Å²) in [5, 5.41) is 8.97. The number of hydrogen-bond acceptors (Lipinski definition) is 4. The van der Waals surface area contributed by atoms with Gasteiger partial charge in [-0.1, -0.05) is 20.3 Å². The van der Waals surface area contributed by atoms with Gasteiger partial charge in [-0.3, -0.25) is 9.59 Å². The van der Waals surface area contributed by atoms with Crippen molar-refractivity contribution < 1.29 is 19.4 Å². The quantitative estimate of drug-likeness (QED) is 0.740. The summed E-state index contributed by atoms with van der Waals surface area (Å²) in [6.07, 6.45) is 2.09. The summed E-state index contributed by atoms with van der Waals surface area (Å²) in [6.45, 7) is 4.53. The second-order valence-electron chi connectivity index (χ2n) is 4.61. The molecule has 3 unspecified atom stereocenters. The maximum absolute atomic E-state index is 11.8. The van der Waals surface area contributed by atoms with Crippen molar-refractivity contribution >= 4 is 23.7 Å². The molecule has 98 valence electrons. The summed E-state index contributed by atoms with van der Waals surface area (Å²) in [5.74, 6) is -0.845. The molecule has 0 bridgehead atoms. The Hall–Kier alpha value is -0.710. The molecule has 0 aromatic rings. The van der Waals surface area contributed by atoms with Crippen LogP contribution in [0.3, 0.4) is 0 Å². The molecule has 3 atom stereocenters. The number of ether oxygens (including phenoxy) is 1. The lowest BCUT2D eigenvalue weighted by atomic mass is 9.96. The van der Waals surface area contributed by atoms with Crippen LogP contribution in [0.2, 0.25) is 0 Å². The van der Waals surface area contributed by atoms with E-state index in [0.717, 1.165) is 12.8 Å². The van der Waals surface area contributed by atoms with Crippen molar-refractivity contribution in [1.29, 1.82) is 0 Å². The number of carboxylic acid groups (broad SMARTS) is 1. The second-order valence-corrected chi connectivity index (χ2v) is 5.69. The van der Waals surface area contributed by atoms with Gasteiger partial charge in [0.25, 0.3) is 0 Å². The molecule has 5 heteroatoms. The molecule has 1 fully saturated rings. The Morgan fingerprint density at radius 3 is 2.65 bits per heavy atom. The Balaban J connectivity index is 2.39. The van der Waals surface area contributed by atoms with Gasteiger partial charge in [0, 0.05) is 11.5 Å². The zero-order valence-electron chi connectivity index (χ0n) is 10.3. The van der Waals surface area contributed by atoms with Crippen molar-refractivity contribution in [3.8, 4) is 0 Å². The fourth-order valence-corrected chi connectivity index (χ4v) is 3.32. The van der Waals surface area contributed by atoms with E-state index in [9.17, 15) is 9.59 Å². The van der Waals surface area contributed by atoms with Crippen LogP contribution in [0.5, 0.6) is 0 Å². The molecular weight excluding hydrogens is 240 g/mol. The van der Waals surface area contributed by atoms with Gasteiger partial charge in [0.15, 0.2) is 0 Å². The summed E-state index contributed by atoms with van der Waals surface area (Å²) >= 11 is 1.51.